The van der Waals surface area contributed by atoms with Crippen LogP contribution in [-0.2, 0) is 9.53 Å². The molecule has 0 saturated carbocycles. The van der Waals surface area contributed by atoms with Gasteiger partial charge in [0.2, 0.25) is 5.91 Å². The van der Waals surface area contributed by atoms with E-state index >= 15 is 0 Å². The van der Waals surface area contributed by atoms with E-state index in [0.717, 1.165) is 5.57 Å². The highest BCUT2D eigenvalue weighted by molar-refractivity contribution is 5.94. The summed E-state index contributed by atoms with van der Waals surface area (Å²) < 4.78 is 10.1. The van der Waals surface area contributed by atoms with Crippen LogP contribution in [0.4, 0.5) is 0 Å². The van der Waals surface area contributed by atoms with Gasteiger partial charge in [-0.1, -0.05) is 12.2 Å². The Morgan fingerprint density at radius 3 is 2.84 bits per heavy atom. The Bertz CT molecular complexity index is 426. The van der Waals surface area contributed by atoms with Gasteiger partial charge in [-0.3, -0.25) is 9.59 Å². The van der Waals surface area contributed by atoms with Crippen LogP contribution in [0.25, 0.3) is 0 Å². The van der Waals surface area contributed by atoms with E-state index in [1.54, 1.807) is 6.07 Å². The Morgan fingerprint density at radius 2 is 2.21 bits per heavy atom. The highest BCUT2D eigenvalue weighted by Crippen LogP contribution is 1.98. The number of hydrogen-bond acceptors (Lipinski definition) is 4. The predicted octanol–water partition coefficient (Wildman–Crippen LogP) is 0.718. The Morgan fingerprint density at radius 1 is 1.42 bits per heavy atom. The van der Waals surface area contributed by atoms with E-state index in [4.69, 9.17) is 9.15 Å². The summed E-state index contributed by atoms with van der Waals surface area (Å²) in [5, 5.41) is 5.06. The topological polar surface area (TPSA) is 80.6 Å². The standard InChI is InChI=1S/C13H18N2O4/c1-10(2)9-18-7-5-14-12(16)8-15-13(17)11-4-3-6-19-11/h3-4,6H,1,5,7-9H2,2H3,(H,14,16)(H,15,17). The zero-order valence-electron chi connectivity index (χ0n) is 10.9. The molecule has 2 N–H and O–H groups in total. The van der Waals surface area contributed by atoms with Gasteiger partial charge < -0.3 is 19.8 Å². The zero-order chi connectivity index (χ0) is 14.1. The Balaban J connectivity index is 2.08. The normalized spacial score (nSPS) is 9.95. The lowest BCUT2D eigenvalue weighted by molar-refractivity contribution is -0.120. The second-order valence-corrected chi connectivity index (χ2v) is 4.02. The third-order valence-electron chi connectivity index (χ3n) is 2.07. The van der Waals surface area contributed by atoms with E-state index in [1.165, 1.54) is 12.3 Å². The van der Waals surface area contributed by atoms with Gasteiger partial charge in [-0.05, 0) is 19.1 Å². The fraction of sp³-hybridized carbons (Fsp3) is 0.385. The van der Waals surface area contributed by atoms with Gasteiger partial charge in [0.1, 0.15) is 0 Å². The van der Waals surface area contributed by atoms with Crippen LogP contribution in [0.15, 0.2) is 35.0 Å². The minimum atomic E-state index is -0.418. The van der Waals surface area contributed by atoms with E-state index in [9.17, 15) is 9.59 Å². The molecule has 0 fully saturated rings. The monoisotopic (exact) mass is 266 g/mol. The first kappa shape index (κ1) is 15.0. The van der Waals surface area contributed by atoms with Crippen molar-refractivity contribution in [2.45, 2.75) is 6.92 Å². The number of carbonyl (C=O) groups excluding carboxylic acids is 2. The second kappa shape index (κ2) is 8.10. The van der Waals surface area contributed by atoms with Crippen LogP contribution in [0.3, 0.4) is 0 Å². The molecule has 0 bridgehead atoms. The van der Waals surface area contributed by atoms with Crippen LogP contribution in [0.5, 0.6) is 0 Å². The SMILES string of the molecule is C=C(C)COCCNC(=O)CNC(=O)c1ccco1. The van der Waals surface area contributed by atoms with E-state index in [1.807, 2.05) is 6.92 Å². The van der Waals surface area contributed by atoms with Crippen LogP contribution < -0.4 is 10.6 Å². The summed E-state index contributed by atoms with van der Waals surface area (Å²) in [5.41, 5.74) is 0.928. The first-order chi connectivity index (χ1) is 9.09. The number of carbonyl (C=O) groups is 2. The van der Waals surface area contributed by atoms with Crippen LogP contribution in [-0.4, -0.2) is 38.1 Å². The van der Waals surface area contributed by atoms with Crippen molar-refractivity contribution in [3.05, 3.63) is 36.3 Å². The van der Waals surface area contributed by atoms with Gasteiger partial charge in [-0.25, -0.2) is 0 Å². The van der Waals surface area contributed by atoms with Crippen molar-refractivity contribution in [2.24, 2.45) is 0 Å². The molecule has 104 valence electrons. The molecule has 0 aliphatic heterocycles. The van der Waals surface area contributed by atoms with Crippen molar-refractivity contribution in [1.82, 2.24) is 10.6 Å². The summed E-state index contributed by atoms with van der Waals surface area (Å²) in [7, 11) is 0. The molecule has 6 nitrogen and oxygen atoms in total. The molecule has 1 aromatic heterocycles. The quantitative estimate of drug-likeness (QED) is 0.536. The summed E-state index contributed by atoms with van der Waals surface area (Å²) in [4.78, 5) is 22.8. The predicted molar refractivity (Wildman–Crippen MR) is 69.7 cm³/mol. The zero-order valence-corrected chi connectivity index (χ0v) is 10.9. The summed E-state index contributed by atoms with van der Waals surface area (Å²) in [5.74, 6) is -0.518. The van der Waals surface area contributed by atoms with Crippen LogP contribution >= 0.6 is 0 Å². The first-order valence-electron chi connectivity index (χ1n) is 5.90. The third kappa shape index (κ3) is 6.42. The molecule has 0 unspecified atom stereocenters. The molecule has 0 atom stereocenters. The van der Waals surface area contributed by atoms with E-state index in [2.05, 4.69) is 17.2 Å². The highest BCUT2D eigenvalue weighted by Gasteiger charge is 2.09. The Hall–Kier alpha value is -2.08. The Labute approximate surface area is 111 Å². The minimum Gasteiger partial charge on any atom is -0.459 e. The lowest BCUT2D eigenvalue weighted by Crippen LogP contribution is -2.38. The number of nitrogens with one attached hydrogen (secondary N) is 2. The first-order valence-corrected chi connectivity index (χ1v) is 5.90. The van der Waals surface area contributed by atoms with Crippen molar-refractivity contribution < 1.29 is 18.7 Å². The van der Waals surface area contributed by atoms with E-state index in [-0.39, 0.29) is 18.2 Å². The summed E-state index contributed by atoms with van der Waals surface area (Å²) in [6.45, 7) is 6.74. The molecule has 0 aromatic carbocycles. The van der Waals surface area contributed by atoms with Gasteiger partial charge in [-0.15, -0.1) is 0 Å². The number of ether oxygens (including phenoxy) is 1. The van der Waals surface area contributed by atoms with Gasteiger partial charge in [-0.2, -0.15) is 0 Å². The lowest BCUT2D eigenvalue weighted by Gasteiger charge is -2.06. The van der Waals surface area contributed by atoms with Crippen molar-refractivity contribution in [3.63, 3.8) is 0 Å². The number of rotatable bonds is 8. The molecule has 0 radical (unpaired) electrons. The smallest absolute Gasteiger partial charge is 0.287 e. The van der Waals surface area contributed by atoms with Crippen LogP contribution in [0.2, 0.25) is 0 Å². The van der Waals surface area contributed by atoms with Gasteiger partial charge in [0.25, 0.3) is 5.91 Å². The molecule has 0 aliphatic carbocycles. The van der Waals surface area contributed by atoms with E-state index in [0.29, 0.717) is 19.8 Å². The van der Waals surface area contributed by atoms with Crippen LogP contribution in [0, 0.1) is 0 Å². The summed E-state index contributed by atoms with van der Waals surface area (Å²) in [6.07, 6.45) is 1.40. The molecule has 1 aromatic rings. The Kier molecular flexibility index (Phi) is 6.38. The molecular formula is C13H18N2O4. The largest absolute Gasteiger partial charge is 0.459 e. The summed E-state index contributed by atoms with van der Waals surface area (Å²) in [6, 6.07) is 3.13. The molecule has 1 rings (SSSR count). The third-order valence-corrected chi connectivity index (χ3v) is 2.07. The highest BCUT2D eigenvalue weighted by atomic mass is 16.5. The second-order valence-electron chi connectivity index (χ2n) is 4.02. The lowest BCUT2D eigenvalue weighted by atomic mass is 10.4. The molecular weight excluding hydrogens is 248 g/mol. The van der Waals surface area contributed by atoms with Gasteiger partial charge >= 0.3 is 0 Å². The van der Waals surface area contributed by atoms with Crippen molar-refractivity contribution in [2.75, 3.05) is 26.3 Å². The van der Waals surface area contributed by atoms with E-state index < -0.39 is 5.91 Å². The molecule has 0 spiro atoms. The fourth-order valence-corrected chi connectivity index (χ4v) is 1.23. The van der Waals surface area contributed by atoms with Gasteiger partial charge in [0, 0.05) is 6.54 Å². The van der Waals surface area contributed by atoms with Gasteiger partial charge in [0.15, 0.2) is 5.76 Å². The van der Waals surface area contributed by atoms with Gasteiger partial charge in [0.05, 0.1) is 26.0 Å². The molecule has 0 saturated heterocycles. The average molecular weight is 266 g/mol. The molecule has 6 heteroatoms. The van der Waals surface area contributed by atoms with Crippen LogP contribution in [0.1, 0.15) is 17.5 Å². The molecule has 1 heterocycles. The average Bonchev–Trinajstić information content (AvgIpc) is 2.89. The maximum absolute atomic E-state index is 11.4. The number of furan rings is 1. The maximum Gasteiger partial charge on any atom is 0.287 e. The molecule has 0 aliphatic rings. The van der Waals surface area contributed by atoms with Crippen molar-refractivity contribution >= 4 is 11.8 Å². The fourth-order valence-electron chi connectivity index (χ4n) is 1.23. The summed E-state index contributed by atoms with van der Waals surface area (Å²) >= 11 is 0. The number of amides is 2. The molecule has 2 amide bonds. The molecule has 19 heavy (non-hydrogen) atoms. The van der Waals surface area contributed by atoms with Crippen molar-refractivity contribution in [3.8, 4) is 0 Å². The minimum absolute atomic E-state index is 0.0972. The van der Waals surface area contributed by atoms with Crippen molar-refractivity contribution in [1.29, 1.82) is 0 Å². The number of hydrogen-bond donors (Lipinski definition) is 2. The maximum atomic E-state index is 11.4.